The summed E-state index contributed by atoms with van der Waals surface area (Å²) in [5.74, 6) is -1.14. The maximum Gasteiger partial charge on any atom is 0.417 e. The van der Waals surface area contributed by atoms with Gasteiger partial charge in [0.2, 0.25) is 5.91 Å². The normalized spacial score (nSPS) is 11.4. The standard InChI is InChI=1S/C23H17F4N5O2/c1-13(33)30-20-6-5-18(11-28-20)31-22(34)19-9-15-8-16(23(25,26)27)10-29-21(15)32(19)12-14-3-2-4-17(24)7-14/h2-11H,12H2,1H3,(H,31,34)(H,28,30,33). The zero-order valence-corrected chi connectivity index (χ0v) is 17.7. The van der Waals surface area contributed by atoms with Crippen LogP contribution in [0.15, 0.2) is 60.9 Å². The van der Waals surface area contributed by atoms with Gasteiger partial charge in [-0.2, -0.15) is 13.2 Å². The Hall–Kier alpha value is -4.28. The van der Waals surface area contributed by atoms with Crippen LogP contribution in [0.4, 0.5) is 29.1 Å². The molecule has 0 saturated heterocycles. The Morgan fingerprint density at radius 1 is 1.00 bits per heavy atom. The zero-order chi connectivity index (χ0) is 24.5. The lowest BCUT2D eigenvalue weighted by Gasteiger charge is -2.12. The van der Waals surface area contributed by atoms with Crippen molar-refractivity contribution in [3.8, 4) is 0 Å². The summed E-state index contributed by atoms with van der Waals surface area (Å²) in [4.78, 5) is 32.1. The molecule has 0 atom stereocenters. The molecule has 0 aliphatic carbocycles. The Morgan fingerprint density at radius 2 is 1.79 bits per heavy atom. The first-order valence-corrected chi connectivity index (χ1v) is 9.96. The number of carbonyl (C=O) groups excluding carboxylic acids is 2. The molecule has 2 amide bonds. The molecule has 3 heterocycles. The van der Waals surface area contributed by atoms with Gasteiger partial charge in [0, 0.05) is 25.1 Å². The molecular weight excluding hydrogens is 454 g/mol. The number of carbonyl (C=O) groups is 2. The van der Waals surface area contributed by atoms with E-state index in [2.05, 4.69) is 20.6 Å². The van der Waals surface area contributed by atoms with Crippen molar-refractivity contribution in [2.24, 2.45) is 0 Å². The fraction of sp³-hybridized carbons (Fsp3) is 0.130. The lowest BCUT2D eigenvalue weighted by Crippen LogP contribution is -2.18. The van der Waals surface area contributed by atoms with Crippen molar-refractivity contribution in [3.05, 3.63) is 83.6 Å². The van der Waals surface area contributed by atoms with Gasteiger partial charge in [0.25, 0.3) is 5.91 Å². The third-order valence-electron chi connectivity index (χ3n) is 4.85. The highest BCUT2D eigenvalue weighted by Gasteiger charge is 2.32. The molecule has 0 radical (unpaired) electrons. The first-order valence-electron chi connectivity index (χ1n) is 9.96. The predicted molar refractivity (Wildman–Crippen MR) is 117 cm³/mol. The second-order valence-electron chi connectivity index (χ2n) is 7.45. The van der Waals surface area contributed by atoms with Crippen molar-refractivity contribution >= 4 is 34.4 Å². The molecule has 0 spiro atoms. The van der Waals surface area contributed by atoms with Gasteiger partial charge in [-0.1, -0.05) is 12.1 Å². The van der Waals surface area contributed by atoms with Gasteiger partial charge in [-0.25, -0.2) is 14.4 Å². The summed E-state index contributed by atoms with van der Waals surface area (Å²) in [6.45, 7) is 1.33. The van der Waals surface area contributed by atoms with Gasteiger partial charge < -0.3 is 15.2 Å². The molecule has 3 aromatic heterocycles. The number of hydrogen-bond donors (Lipinski definition) is 2. The lowest BCUT2D eigenvalue weighted by atomic mass is 10.2. The number of fused-ring (bicyclic) bond motifs is 1. The first kappa shape index (κ1) is 22.9. The summed E-state index contributed by atoms with van der Waals surface area (Å²) >= 11 is 0. The summed E-state index contributed by atoms with van der Waals surface area (Å²) in [6, 6.07) is 10.8. The number of benzene rings is 1. The van der Waals surface area contributed by atoms with E-state index in [0.29, 0.717) is 17.4 Å². The Morgan fingerprint density at radius 3 is 2.44 bits per heavy atom. The topological polar surface area (TPSA) is 88.9 Å². The van der Waals surface area contributed by atoms with Crippen LogP contribution in [0.25, 0.3) is 11.0 Å². The molecule has 0 bridgehead atoms. The SMILES string of the molecule is CC(=O)Nc1ccc(NC(=O)c2cc3cc(C(F)(F)F)cnc3n2Cc2cccc(F)c2)cn1. The average molecular weight is 471 g/mol. The van der Waals surface area contributed by atoms with E-state index in [1.807, 2.05) is 0 Å². The van der Waals surface area contributed by atoms with Gasteiger partial charge in [-0.3, -0.25) is 9.59 Å². The van der Waals surface area contributed by atoms with Gasteiger partial charge in [0.1, 0.15) is 23.0 Å². The minimum atomic E-state index is -4.60. The number of pyridine rings is 2. The van der Waals surface area contributed by atoms with Crippen molar-refractivity contribution in [3.63, 3.8) is 0 Å². The molecule has 7 nitrogen and oxygen atoms in total. The van der Waals surface area contributed by atoms with E-state index in [0.717, 1.165) is 6.07 Å². The molecule has 4 aromatic rings. The molecular formula is C23H17F4N5O2. The minimum Gasteiger partial charge on any atom is -0.319 e. The predicted octanol–water partition coefficient (Wildman–Crippen LogP) is 4.85. The maximum absolute atomic E-state index is 13.7. The second kappa shape index (κ2) is 8.93. The van der Waals surface area contributed by atoms with E-state index in [4.69, 9.17) is 0 Å². The van der Waals surface area contributed by atoms with Gasteiger partial charge >= 0.3 is 6.18 Å². The van der Waals surface area contributed by atoms with Crippen molar-refractivity contribution in [1.29, 1.82) is 0 Å². The largest absolute Gasteiger partial charge is 0.417 e. The monoisotopic (exact) mass is 471 g/mol. The summed E-state index contributed by atoms with van der Waals surface area (Å²) in [5, 5.41) is 5.23. The van der Waals surface area contributed by atoms with Crippen LogP contribution in [0.5, 0.6) is 0 Å². The van der Waals surface area contributed by atoms with E-state index in [1.165, 1.54) is 54.1 Å². The van der Waals surface area contributed by atoms with Gasteiger partial charge in [-0.05, 0) is 42.0 Å². The van der Waals surface area contributed by atoms with Crippen LogP contribution in [0.2, 0.25) is 0 Å². The summed E-state index contributed by atoms with van der Waals surface area (Å²) in [6.07, 6.45) is -2.59. The summed E-state index contributed by atoms with van der Waals surface area (Å²) in [5.41, 5.74) is 0.00590. The lowest BCUT2D eigenvalue weighted by molar-refractivity contribution is -0.137. The molecule has 0 aliphatic heterocycles. The number of rotatable bonds is 5. The first-order chi connectivity index (χ1) is 16.1. The van der Waals surface area contributed by atoms with Crippen LogP contribution in [0.1, 0.15) is 28.5 Å². The third-order valence-corrected chi connectivity index (χ3v) is 4.85. The van der Waals surface area contributed by atoms with Crippen molar-refractivity contribution < 1.29 is 27.2 Å². The number of hydrogen-bond acceptors (Lipinski definition) is 4. The highest BCUT2D eigenvalue weighted by molar-refractivity contribution is 6.06. The van der Waals surface area contributed by atoms with Crippen LogP contribution in [-0.2, 0) is 17.5 Å². The molecule has 2 N–H and O–H groups in total. The number of anilines is 2. The Kier molecular flexibility index (Phi) is 6.01. The van der Waals surface area contributed by atoms with E-state index in [1.54, 1.807) is 6.07 Å². The van der Waals surface area contributed by atoms with Gasteiger partial charge in [0.05, 0.1) is 17.4 Å². The number of nitrogens with zero attached hydrogens (tertiary/aromatic N) is 3. The molecule has 1 aromatic carbocycles. The highest BCUT2D eigenvalue weighted by Crippen LogP contribution is 2.31. The van der Waals surface area contributed by atoms with Gasteiger partial charge in [-0.15, -0.1) is 0 Å². The molecule has 34 heavy (non-hydrogen) atoms. The quantitative estimate of drug-likeness (QED) is 0.408. The molecule has 0 saturated carbocycles. The molecule has 11 heteroatoms. The molecule has 0 aliphatic rings. The van der Waals surface area contributed by atoms with Gasteiger partial charge in [0.15, 0.2) is 0 Å². The fourth-order valence-electron chi connectivity index (χ4n) is 3.38. The Labute approximate surface area is 190 Å². The number of alkyl halides is 3. The van der Waals surface area contributed by atoms with Crippen molar-refractivity contribution in [1.82, 2.24) is 14.5 Å². The van der Waals surface area contributed by atoms with E-state index in [-0.39, 0.29) is 35.0 Å². The second-order valence-corrected chi connectivity index (χ2v) is 7.45. The van der Waals surface area contributed by atoms with E-state index >= 15 is 0 Å². The van der Waals surface area contributed by atoms with Crippen LogP contribution >= 0.6 is 0 Å². The minimum absolute atomic E-state index is 0.00208. The molecule has 174 valence electrons. The summed E-state index contributed by atoms with van der Waals surface area (Å²) < 4.78 is 54.6. The van der Waals surface area contributed by atoms with E-state index < -0.39 is 23.5 Å². The van der Waals surface area contributed by atoms with Crippen molar-refractivity contribution in [2.75, 3.05) is 10.6 Å². The third kappa shape index (κ3) is 5.03. The highest BCUT2D eigenvalue weighted by atomic mass is 19.4. The molecule has 4 rings (SSSR count). The number of halogens is 4. The number of amides is 2. The number of nitrogens with one attached hydrogen (secondary N) is 2. The average Bonchev–Trinajstić information content (AvgIpc) is 3.12. The summed E-state index contributed by atoms with van der Waals surface area (Å²) in [7, 11) is 0. The fourth-order valence-corrected chi connectivity index (χ4v) is 3.38. The Bertz CT molecular complexity index is 1380. The Balaban J connectivity index is 1.71. The van der Waals surface area contributed by atoms with Crippen LogP contribution in [0.3, 0.4) is 0 Å². The number of aromatic nitrogens is 3. The molecule has 0 unspecified atom stereocenters. The van der Waals surface area contributed by atoms with Crippen LogP contribution in [0, 0.1) is 5.82 Å². The van der Waals surface area contributed by atoms with E-state index in [9.17, 15) is 27.2 Å². The smallest absolute Gasteiger partial charge is 0.319 e. The molecule has 0 fully saturated rings. The van der Waals surface area contributed by atoms with Crippen LogP contribution in [-0.4, -0.2) is 26.3 Å². The maximum atomic E-state index is 13.7. The van der Waals surface area contributed by atoms with Crippen molar-refractivity contribution in [2.45, 2.75) is 19.6 Å². The zero-order valence-electron chi connectivity index (χ0n) is 17.7. The van der Waals surface area contributed by atoms with Crippen LogP contribution < -0.4 is 10.6 Å².